The maximum Gasteiger partial charge on any atom is 0.220 e. The van der Waals surface area contributed by atoms with Gasteiger partial charge >= 0.3 is 0 Å². The van der Waals surface area contributed by atoms with Gasteiger partial charge in [0, 0.05) is 30.4 Å². The number of nitrogens with one attached hydrogen (secondary N) is 2. The summed E-state index contributed by atoms with van der Waals surface area (Å²) in [5.74, 6) is 0.130. The Hall–Kier alpha value is -0.910. The highest BCUT2D eigenvalue weighted by atomic mass is 32.1. The van der Waals surface area contributed by atoms with Crippen LogP contribution in [0.2, 0.25) is 0 Å². The van der Waals surface area contributed by atoms with E-state index in [9.17, 15) is 9.90 Å². The van der Waals surface area contributed by atoms with Crippen LogP contribution in [0.25, 0.3) is 0 Å². The summed E-state index contributed by atoms with van der Waals surface area (Å²) in [4.78, 5) is 11.9. The van der Waals surface area contributed by atoms with Crippen molar-refractivity contribution < 1.29 is 9.90 Å². The number of carbonyl (C=O) groups excluding carboxylic acids is 1. The summed E-state index contributed by atoms with van der Waals surface area (Å²) < 4.78 is 0. The Morgan fingerprint density at radius 2 is 2.56 bits per heavy atom. The zero-order valence-electron chi connectivity index (χ0n) is 8.98. The quantitative estimate of drug-likeness (QED) is 0.708. The lowest BCUT2D eigenvalue weighted by molar-refractivity contribution is -0.119. The molecule has 0 saturated carbocycles. The molecular formula is C11H16N2O2S. The summed E-state index contributed by atoms with van der Waals surface area (Å²) in [5.41, 5.74) is 0. The van der Waals surface area contributed by atoms with Gasteiger partial charge in [-0.3, -0.25) is 4.79 Å². The first-order valence-electron chi connectivity index (χ1n) is 5.47. The Morgan fingerprint density at radius 3 is 3.19 bits per heavy atom. The van der Waals surface area contributed by atoms with Crippen LogP contribution in [0.1, 0.15) is 23.8 Å². The molecule has 0 aliphatic carbocycles. The van der Waals surface area contributed by atoms with Gasteiger partial charge in [-0.1, -0.05) is 6.07 Å². The number of thiophene rings is 1. The van der Waals surface area contributed by atoms with Gasteiger partial charge in [-0.25, -0.2) is 0 Å². The van der Waals surface area contributed by atoms with Gasteiger partial charge in [-0.05, 0) is 17.9 Å². The van der Waals surface area contributed by atoms with Gasteiger partial charge in [0.25, 0.3) is 0 Å². The summed E-state index contributed by atoms with van der Waals surface area (Å²) in [7, 11) is 0. The molecule has 3 N–H and O–H groups in total. The lowest BCUT2D eigenvalue weighted by Crippen LogP contribution is -2.37. The Balaban J connectivity index is 1.66. The summed E-state index contributed by atoms with van der Waals surface area (Å²) >= 11 is 1.55. The van der Waals surface area contributed by atoms with Crippen LogP contribution in [0.4, 0.5) is 0 Å². The second-order valence-electron chi connectivity index (χ2n) is 3.99. The summed E-state index contributed by atoms with van der Waals surface area (Å²) in [6.45, 7) is 1.26. The molecule has 1 aromatic heterocycles. The molecule has 2 rings (SSSR count). The Morgan fingerprint density at radius 1 is 1.69 bits per heavy atom. The molecule has 1 amide bonds. The molecule has 5 heteroatoms. The molecule has 0 spiro atoms. The van der Waals surface area contributed by atoms with Crippen molar-refractivity contribution in [3.05, 3.63) is 22.4 Å². The predicted molar refractivity (Wildman–Crippen MR) is 63.3 cm³/mol. The fourth-order valence-electron chi connectivity index (χ4n) is 1.81. The first-order chi connectivity index (χ1) is 7.75. The van der Waals surface area contributed by atoms with Crippen LogP contribution in [-0.4, -0.2) is 30.1 Å². The van der Waals surface area contributed by atoms with Gasteiger partial charge in [-0.2, -0.15) is 0 Å². The molecule has 16 heavy (non-hydrogen) atoms. The average Bonchev–Trinajstić information content (AvgIpc) is 2.89. The largest absolute Gasteiger partial charge is 0.386 e. The van der Waals surface area contributed by atoms with E-state index in [4.69, 9.17) is 0 Å². The van der Waals surface area contributed by atoms with E-state index in [1.807, 2.05) is 17.5 Å². The molecule has 2 atom stereocenters. The zero-order valence-corrected chi connectivity index (χ0v) is 9.80. The molecular weight excluding hydrogens is 224 g/mol. The number of amides is 1. The molecule has 1 aliphatic heterocycles. The lowest BCUT2D eigenvalue weighted by atomic mass is 10.2. The molecule has 0 radical (unpaired) electrons. The van der Waals surface area contributed by atoms with E-state index in [0.29, 0.717) is 13.0 Å². The Labute approximate surface area is 98.7 Å². The van der Waals surface area contributed by atoms with Crippen molar-refractivity contribution in [3.8, 4) is 0 Å². The van der Waals surface area contributed by atoms with Crippen molar-refractivity contribution in [1.82, 2.24) is 10.6 Å². The third kappa shape index (κ3) is 3.04. The van der Waals surface area contributed by atoms with Crippen LogP contribution in [0.3, 0.4) is 0 Å². The van der Waals surface area contributed by atoms with Crippen molar-refractivity contribution in [1.29, 1.82) is 0 Å². The third-order valence-corrected chi connectivity index (χ3v) is 3.66. The van der Waals surface area contributed by atoms with Gasteiger partial charge in [0.05, 0.1) is 0 Å². The standard InChI is InChI=1S/C11H16N2O2S/c14-9(10-2-1-5-16-10)7-12-6-8-3-4-11(15)13-8/h1-2,5,8-9,12,14H,3-4,6-7H2,(H,13,15). The second kappa shape index (κ2) is 5.43. The zero-order chi connectivity index (χ0) is 11.4. The molecule has 1 aromatic rings. The van der Waals surface area contributed by atoms with Gasteiger partial charge in [0.15, 0.2) is 0 Å². The van der Waals surface area contributed by atoms with Crippen LogP contribution in [-0.2, 0) is 4.79 Å². The highest BCUT2D eigenvalue weighted by Gasteiger charge is 2.20. The minimum absolute atomic E-state index is 0.130. The number of hydrogen-bond donors (Lipinski definition) is 3. The maximum atomic E-state index is 11.0. The lowest BCUT2D eigenvalue weighted by Gasteiger charge is -2.13. The number of aliphatic hydroxyl groups excluding tert-OH is 1. The summed E-state index contributed by atoms with van der Waals surface area (Å²) in [6, 6.07) is 4.08. The Kier molecular flexibility index (Phi) is 3.93. The van der Waals surface area contributed by atoms with E-state index in [1.165, 1.54) is 0 Å². The minimum Gasteiger partial charge on any atom is -0.386 e. The SMILES string of the molecule is O=C1CCC(CNCC(O)c2cccs2)N1. The first kappa shape index (κ1) is 11.6. The monoisotopic (exact) mass is 240 g/mol. The van der Waals surface area contributed by atoms with Crippen LogP contribution in [0, 0.1) is 0 Å². The molecule has 88 valence electrons. The van der Waals surface area contributed by atoms with Crippen molar-refractivity contribution in [2.45, 2.75) is 25.0 Å². The van der Waals surface area contributed by atoms with E-state index < -0.39 is 6.10 Å². The van der Waals surface area contributed by atoms with E-state index in [0.717, 1.165) is 17.8 Å². The van der Waals surface area contributed by atoms with Crippen LogP contribution >= 0.6 is 11.3 Å². The highest BCUT2D eigenvalue weighted by molar-refractivity contribution is 7.10. The minimum atomic E-state index is -0.447. The average molecular weight is 240 g/mol. The van der Waals surface area contributed by atoms with Crippen molar-refractivity contribution in [2.75, 3.05) is 13.1 Å². The topological polar surface area (TPSA) is 61.4 Å². The van der Waals surface area contributed by atoms with Crippen LogP contribution < -0.4 is 10.6 Å². The molecule has 1 saturated heterocycles. The van der Waals surface area contributed by atoms with E-state index in [2.05, 4.69) is 10.6 Å². The molecule has 0 aromatic carbocycles. The first-order valence-corrected chi connectivity index (χ1v) is 6.35. The number of carbonyl (C=O) groups is 1. The summed E-state index contributed by atoms with van der Waals surface area (Å²) in [5, 5.41) is 17.8. The predicted octanol–water partition coefficient (Wildman–Crippen LogP) is 0.650. The highest BCUT2D eigenvalue weighted by Crippen LogP contribution is 2.17. The van der Waals surface area contributed by atoms with E-state index >= 15 is 0 Å². The van der Waals surface area contributed by atoms with Crippen molar-refractivity contribution in [2.24, 2.45) is 0 Å². The third-order valence-electron chi connectivity index (χ3n) is 2.69. The van der Waals surface area contributed by atoms with Gasteiger partial charge < -0.3 is 15.7 Å². The van der Waals surface area contributed by atoms with Crippen LogP contribution in [0.5, 0.6) is 0 Å². The smallest absolute Gasteiger partial charge is 0.220 e. The fraction of sp³-hybridized carbons (Fsp3) is 0.545. The fourth-order valence-corrected chi connectivity index (χ4v) is 2.52. The molecule has 1 aliphatic rings. The van der Waals surface area contributed by atoms with E-state index in [-0.39, 0.29) is 11.9 Å². The van der Waals surface area contributed by atoms with Gasteiger partial charge in [0.2, 0.25) is 5.91 Å². The maximum absolute atomic E-state index is 11.0. The molecule has 1 fully saturated rings. The summed E-state index contributed by atoms with van der Waals surface area (Å²) in [6.07, 6.45) is 1.07. The van der Waals surface area contributed by atoms with E-state index in [1.54, 1.807) is 11.3 Å². The Bertz CT molecular complexity index is 340. The van der Waals surface area contributed by atoms with Crippen LogP contribution in [0.15, 0.2) is 17.5 Å². The molecule has 4 nitrogen and oxygen atoms in total. The number of hydrogen-bond acceptors (Lipinski definition) is 4. The van der Waals surface area contributed by atoms with Gasteiger partial charge in [0.1, 0.15) is 6.10 Å². The second-order valence-corrected chi connectivity index (χ2v) is 4.97. The molecule has 0 bridgehead atoms. The molecule has 2 heterocycles. The number of rotatable bonds is 5. The normalized spacial score (nSPS) is 22.1. The van der Waals surface area contributed by atoms with Crippen molar-refractivity contribution in [3.63, 3.8) is 0 Å². The number of aliphatic hydroxyl groups is 1. The van der Waals surface area contributed by atoms with Gasteiger partial charge in [-0.15, -0.1) is 11.3 Å². The molecule has 2 unspecified atom stereocenters. The van der Waals surface area contributed by atoms with Crippen molar-refractivity contribution >= 4 is 17.2 Å².